The number of nitrogens with zero attached hydrogens (tertiary/aromatic N) is 1. The molecule has 0 spiro atoms. The highest BCUT2D eigenvalue weighted by molar-refractivity contribution is 6.18. The van der Waals surface area contributed by atoms with Crippen LogP contribution in [0.25, 0.3) is 0 Å². The maximum atomic E-state index is 12.3. The Labute approximate surface area is 115 Å². The van der Waals surface area contributed by atoms with Crippen LogP contribution < -0.4 is 0 Å². The Morgan fingerprint density at radius 2 is 1.83 bits per heavy atom. The lowest BCUT2D eigenvalue weighted by atomic mass is 10.0. The molecule has 0 unspecified atom stereocenters. The van der Waals surface area contributed by atoms with E-state index in [-0.39, 0.29) is 5.91 Å². The van der Waals surface area contributed by atoms with Crippen molar-refractivity contribution in [2.24, 2.45) is 0 Å². The van der Waals surface area contributed by atoms with E-state index in [1.54, 1.807) is 0 Å². The van der Waals surface area contributed by atoms with Gasteiger partial charge in [0.2, 0.25) is 0 Å². The van der Waals surface area contributed by atoms with Crippen LogP contribution >= 0.6 is 11.6 Å². The summed E-state index contributed by atoms with van der Waals surface area (Å²) in [5.41, 5.74) is 2.00. The molecule has 0 saturated heterocycles. The second kappa shape index (κ2) is 7.42. The molecule has 1 amide bonds. The molecule has 0 N–H and O–H groups in total. The monoisotopic (exact) mass is 267 g/mol. The van der Waals surface area contributed by atoms with Crippen molar-refractivity contribution in [1.82, 2.24) is 4.90 Å². The standard InChI is InChI=1S/C15H22ClNO/c1-4-10-17(11-9-16)15(18)14-7-5-13(6-8-14)12(2)3/h5-8,12H,4,9-11H2,1-3H3. The quantitative estimate of drug-likeness (QED) is 0.716. The number of halogens is 1. The maximum absolute atomic E-state index is 12.3. The van der Waals surface area contributed by atoms with Gasteiger partial charge in [0.25, 0.3) is 5.91 Å². The average molecular weight is 268 g/mol. The van der Waals surface area contributed by atoms with Crippen molar-refractivity contribution >= 4 is 17.5 Å². The molecule has 0 atom stereocenters. The first-order valence-corrected chi connectivity index (χ1v) is 7.08. The van der Waals surface area contributed by atoms with E-state index < -0.39 is 0 Å². The fraction of sp³-hybridized carbons (Fsp3) is 0.533. The molecule has 0 fully saturated rings. The van der Waals surface area contributed by atoms with Crippen molar-refractivity contribution in [3.8, 4) is 0 Å². The van der Waals surface area contributed by atoms with E-state index in [9.17, 15) is 4.79 Å². The van der Waals surface area contributed by atoms with Gasteiger partial charge < -0.3 is 4.90 Å². The minimum atomic E-state index is 0.0767. The lowest BCUT2D eigenvalue weighted by Crippen LogP contribution is -2.33. The van der Waals surface area contributed by atoms with E-state index in [2.05, 4.69) is 20.8 Å². The second-order valence-corrected chi connectivity index (χ2v) is 5.14. The molecule has 18 heavy (non-hydrogen) atoms. The minimum absolute atomic E-state index is 0.0767. The normalized spacial score (nSPS) is 10.7. The third kappa shape index (κ3) is 4.02. The van der Waals surface area contributed by atoms with E-state index in [0.29, 0.717) is 18.3 Å². The Bertz CT molecular complexity index is 367. The van der Waals surface area contributed by atoms with Gasteiger partial charge in [0.1, 0.15) is 0 Å². The summed E-state index contributed by atoms with van der Waals surface area (Å²) in [6.07, 6.45) is 0.951. The van der Waals surface area contributed by atoms with Crippen molar-refractivity contribution in [2.45, 2.75) is 33.1 Å². The summed E-state index contributed by atoms with van der Waals surface area (Å²) < 4.78 is 0. The third-order valence-corrected chi connectivity index (χ3v) is 3.13. The molecule has 0 saturated carbocycles. The van der Waals surface area contributed by atoms with Crippen molar-refractivity contribution in [2.75, 3.05) is 19.0 Å². The van der Waals surface area contributed by atoms with Gasteiger partial charge in [-0.1, -0.05) is 32.9 Å². The van der Waals surface area contributed by atoms with Gasteiger partial charge in [-0.05, 0) is 30.0 Å². The van der Waals surface area contributed by atoms with Crippen molar-refractivity contribution in [3.63, 3.8) is 0 Å². The molecule has 100 valence electrons. The predicted molar refractivity (Wildman–Crippen MR) is 77.4 cm³/mol. The van der Waals surface area contributed by atoms with Crippen LogP contribution in [0.15, 0.2) is 24.3 Å². The number of rotatable bonds is 6. The summed E-state index contributed by atoms with van der Waals surface area (Å²) in [5.74, 6) is 1.05. The van der Waals surface area contributed by atoms with Crippen molar-refractivity contribution < 1.29 is 4.79 Å². The second-order valence-electron chi connectivity index (χ2n) is 4.76. The Morgan fingerprint density at radius 1 is 1.22 bits per heavy atom. The molecule has 1 aromatic rings. The van der Waals surface area contributed by atoms with E-state index >= 15 is 0 Å². The summed E-state index contributed by atoms with van der Waals surface area (Å²) in [6, 6.07) is 7.88. The molecular formula is C15H22ClNO. The molecule has 0 aliphatic rings. The summed E-state index contributed by atoms with van der Waals surface area (Å²) in [7, 11) is 0. The van der Waals surface area contributed by atoms with Crippen LogP contribution in [0, 0.1) is 0 Å². The topological polar surface area (TPSA) is 20.3 Å². The highest BCUT2D eigenvalue weighted by atomic mass is 35.5. The van der Waals surface area contributed by atoms with Crippen LogP contribution in [-0.4, -0.2) is 29.8 Å². The Hall–Kier alpha value is -1.02. The smallest absolute Gasteiger partial charge is 0.253 e. The van der Waals surface area contributed by atoms with Gasteiger partial charge in [-0.25, -0.2) is 0 Å². The predicted octanol–water partition coefficient (Wildman–Crippen LogP) is 3.90. The molecule has 3 heteroatoms. The van der Waals surface area contributed by atoms with Gasteiger partial charge in [0, 0.05) is 24.5 Å². The van der Waals surface area contributed by atoms with Gasteiger partial charge in [0.05, 0.1) is 0 Å². The highest BCUT2D eigenvalue weighted by Crippen LogP contribution is 2.15. The van der Waals surface area contributed by atoms with Gasteiger partial charge in [0.15, 0.2) is 0 Å². The first-order chi connectivity index (χ1) is 8.60. The first-order valence-electron chi connectivity index (χ1n) is 6.55. The molecule has 0 heterocycles. The number of alkyl halides is 1. The zero-order valence-corrected chi connectivity index (χ0v) is 12.2. The summed E-state index contributed by atoms with van der Waals surface area (Å²) >= 11 is 5.74. The van der Waals surface area contributed by atoms with Gasteiger partial charge in [-0.15, -0.1) is 11.6 Å². The highest BCUT2D eigenvalue weighted by Gasteiger charge is 2.14. The van der Waals surface area contributed by atoms with Gasteiger partial charge in [-0.3, -0.25) is 4.79 Å². The summed E-state index contributed by atoms with van der Waals surface area (Å²) in [5, 5.41) is 0. The molecule has 2 nitrogen and oxygen atoms in total. The lowest BCUT2D eigenvalue weighted by molar-refractivity contribution is 0.0765. The van der Waals surface area contributed by atoms with Crippen LogP contribution in [0.5, 0.6) is 0 Å². The fourth-order valence-corrected chi connectivity index (χ4v) is 2.08. The number of carbonyl (C=O) groups is 1. The zero-order valence-electron chi connectivity index (χ0n) is 11.4. The Kier molecular flexibility index (Phi) is 6.20. The molecule has 0 bridgehead atoms. The van der Waals surface area contributed by atoms with Crippen LogP contribution in [0.3, 0.4) is 0 Å². The summed E-state index contributed by atoms with van der Waals surface area (Å²) in [6.45, 7) is 7.73. The van der Waals surface area contributed by atoms with Gasteiger partial charge >= 0.3 is 0 Å². The van der Waals surface area contributed by atoms with E-state index in [0.717, 1.165) is 18.5 Å². The van der Waals surface area contributed by atoms with E-state index in [1.807, 2.05) is 29.2 Å². The number of hydrogen-bond acceptors (Lipinski definition) is 1. The molecule has 0 aliphatic heterocycles. The maximum Gasteiger partial charge on any atom is 0.253 e. The fourth-order valence-electron chi connectivity index (χ4n) is 1.88. The molecular weight excluding hydrogens is 246 g/mol. The van der Waals surface area contributed by atoms with Gasteiger partial charge in [-0.2, -0.15) is 0 Å². The van der Waals surface area contributed by atoms with Crippen molar-refractivity contribution in [3.05, 3.63) is 35.4 Å². The number of hydrogen-bond donors (Lipinski definition) is 0. The van der Waals surface area contributed by atoms with E-state index in [1.165, 1.54) is 5.56 Å². The molecule has 1 aromatic carbocycles. The molecule has 0 aromatic heterocycles. The average Bonchev–Trinajstić information content (AvgIpc) is 2.38. The number of carbonyl (C=O) groups excluding carboxylic acids is 1. The van der Waals surface area contributed by atoms with Crippen LogP contribution in [0.4, 0.5) is 0 Å². The Morgan fingerprint density at radius 3 is 2.28 bits per heavy atom. The number of amides is 1. The summed E-state index contributed by atoms with van der Waals surface area (Å²) in [4.78, 5) is 14.1. The molecule has 0 aliphatic carbocycles. The molecule has 1 rings (SSSR count). The minimum Gasteiger partial charge on any atom is -0.337 e. The number of benzene rings is 1. The Balaban J connectivity index is 2.81. The van der Waals surface area contributed by atoms with Crippen LogP contribution in [-0.2, 0) is 0 Å². The lowest BCUT2D eigenvalue weighted by Gasteiger charge is -2.21. The van der Waals surface area contributed by atoms with Crippen molar-refractivity contribution in [1.29, 1.82) is 0 Å². The largest absolute Gasteiger partial charge is 0.337 e. The van der Waals surface area contributed by atoms with E-state index in [4.69, 9.17) is 11.6 Å². The van der Waals surface area contributed by atoms with Crippen LogP contribution in [0.2, 0.25) is 0 Å². The SMILES string of the molecule is CCCN(CCCl)C(=O)c1ccc(C(C)C)cc1. The van der Waals surface area contributed by atoms with Crippen LogP contribution in [0.1, 0.15) is 49.0 Å². The third-order valence-electron chi connectivity index (χ3n) is 2.96. The first kappa shape index (κ1) is 15.0. The zero-order chi connectivity index (χ0) is 13.5. The molecule has 0 radical (unpaired) electrons.